The van der Waals surface area contributed by atoms with Crippen molar-refractivity contribution >= 4 is 23.3 Å². The molecule has 0 aliphatic heterocycles. The Balaban J connectivity index is 1.94. The molecule has 23 heavy (non-hydrogen) atoms. The number of carbonyl (C=O) groups is 3. The predicted molar refractivity (Wildman–Crippen MR) is 81.3 cm³/mol. The third-order valence-corrected chi connectivity index (χ3v) is 3.12. The molecule has 0 bridgehead atoms. The highest BCUT2D eigenvalue weighted by Crippen LogP contribution is 2.14. The quantitative estimate of drug-likeness (QED) is 0.671. The number of aryl methyl sites for hydroxylation is 2. The molecule has 0 unspecified atom stereocenters. The summed E-state index contributed by atoms with van der Waals surface area (Å²) in [5, 5.41) is 6.21. The van der Waals surface area contributed by atoms with Crippen LogP contribution in [0.2, 0.25) is 0 Å². The number of amides is 1. The van der Waals surface area contributed by atoms with E-state index in [1.807, 2.05) is 0 Å². The molecule has 0 atom stereocenters. The first kappa shape index (κ1) is 16.4. The van der Waals surface area contributed by atoms with Crippen LogP contribution in [0.4, 0.5) is 5.69 Å². The number of aromatic nitrogens is 1. The Kier molecular flexibility index (Phi) is 4.90. The maximum atomic E-state index is 11.9. The van der Waals surface area contributed by atoms with Gasteiger partial charge in [-0.3, -0.25) is 9.59 Å². The van der Waals surface area contributed by atoms with E-state index in [0.29, 0.717) is 22.7 Å². The summed E-state index contributed by atoms with van der Waals surface area (Å²) in [6.07, 6.45) is 0. The Hall–Kier alpha value is -2.96. The zero-order chi connectivity index (χ0) is 17.0. The average molecular weight is 316 g/mol. The molecular formula is C16H16N2O5. The molecule has 0 spiro atoms. The van der Waals surface area contributed by atoms with Crippen LogP contribution >= 0.6 is 0 Å². The summed E-state index contributed by atoms with van der Waals surface area (Å²) in [5.74, 6) is -0.951. The topological polar surface area (TPSA) is 98.5 Å². The summed E-state index contributed by atoms with van der Waals surface area (Å²) < 4.78 is 9.81. The van der Waals surface area contributed by atoms with Gasteiger partial charge in [0.15, 0.2) is 12.4 Å². The highest BCUT2D eigenvalue weighted by molar-refractivity contribution is 5.98. The lowest BCUT2D eigenvalue weighted by molar-refractivity contribution is -0.119. The Morgan fingerprint density at radius 2 is 2.00 bits per heavy atom. The van der Waals surface area contributed by atoms with Gasteiger partial charge in [0.1, 0.15) is 11.3 Å². The second kappa shape index (κ2) is 6.87. The number of rotatable bonds is 5. The number of Topliss-reactive ketones (excluding diaryl/α,β-unsaturated/α-hetero) is 1. The molecule has 0 radical (unpaired) electrons. The van der Waals surface area contributed by atoms with Crippen LogP contribution in [0.15, 0.2) is 28.8 Å². The standard InChI is InChI=1S/C16H16N2O5/c1-9-15(11(3)23-18-9)16(21)22-8-14(20)17-13-6-4-5-12(7-13)10(2)19/h4-7H,8H2,1-3H3,(H,17,20). The van der Waals surface area contributed by atoms with Gasteiger partial charge < -0.3 is 14.6 Å². The number of carbonyl (C=O) groups excluding carboxylic acids is 3. The van der Waals surface area contributed by atoms with E-state index in [9.17, 15) is 14.4 Å². The summed E-state index contributed by atoms with van der Waals surface area (Å²) in [5.41, 5.74) is 1.56. The first-order valence-electron chi connectivity index (χ1n) is 6.89. The van der Waals surface area contributed by atoms with Crippen molar-refractivity contribution in [3.63, 3.8) is 0 Å². The van der Waals surface area contributed by atoms with Gasteiger partial charge in [-0.05, 0) is 32.9 Å². The number of nitrogens with zero attached hydrogens (tertiary/aromatic N) is 1. The number of hydrogen-bond donors (Lipinski definition) is 1. The summed E-state index contributed by atoms with van der Waals surface area (Å²) in [6, 6.07) is 6.49. The third kappa shape index (κ3) is 4.03. The number of ether oxygens (including phenoxy) is 1. The maximum Gasteiger partial charge on any atom is 0.344 e. The molecule has 0 saturated carbocycles. The molecule has 0 saturated heterocycles. The number of ketones is 1. The monoisotopic (exact) mass is 316 g/mol. The lowest BCUT2D eigenvalue weighted by Gasteiger charge is -2.07. The van der Waals surface area contributed by atoms with E-state index in [-0.39, 0.29) is 11.3 Å². The van der Waals surface area contributed by atoms with Crippen molar-refractivity contribution in [3.05, 3.63) is 46.8 Å². The van der Waals surface area contributed by atoms with Gasteiger partial charge in [-0.1, -0.05) is 17.3 Å². The maximum absolute atomic E-state index is 11.9. The lowest BCUT2D eigenvalue weighted by atomic mass is 10.1. The Labute approximate surface area is 132 Å². The van der Waals surface area contributed by atoms with Crippen molar-refractivity contribution in [1.29, 1.82) is 0 Å². The van der Waals surface area contributed by atoms with Crippen molar-refractivity contribution in [2.75, 3.05) is 11.9 Å². The van der Waals surface area contributed by atoms with Crippen LogP contribution in [0.1, 0.15) is 39.1 Å². The van der Waals surface area contributed by atoms with Crippen LogP contribution in [-0.2, 0) is 9.53 Å². The van der Waals surface area contributed by atoms with Gasteiger partial charge in [0.25, 0.3) is 5.91 Å². The van der Waals surface area contributed by atoms with Crippen LogP contribution in [0.3, 0.4) is 0 Å². The second-order valence-corrected chi connectivity index (χ2v) is 4.96. The smallest absolute Gasteiger partial charge is 0.344 e. The lowest BCUT2D eigenvalue weighted by Crippen LogP contribution is -2.21. The Bertz CT molecular complexity index is 744. The molecule has 1 aromatic heterocycles. The molecule has 0 aliphatic carbocycles. The Morgan fingerprint density at radius 1 is 1.26 bits per heavy atom. The van der Waals surface area contributed by atoms with Crippen molar-refractivity contribution in [2.24, 2.45) is 0 Å². The summed E-state index contributed by atoms with van der Waals surface area (Å²) in [6.45, 7) is 4.18. The number of esters is 1. The minimum Gasteiger partial charge on any atom is -0.452 e. The summed E-state index contributed by atoms with van der Waals surface area (Å²) in [4.78, 5) is 35.0. The third-order valence-electron chi connectivity index (χ3n) is 3.12. The SMILES string of the molecule is CC(=O)c1cccc(NC(=O)COC(=O)c2c(C)noc2C)c1. The van der Waals surface area contributed by atoms with Gasteiger partial charge in [0, 0.05) is 11.3 Å². The van der Waals surface area contributed by atoms with Gasteiger partial charge in [0.2, 0.25) is 0 Å². The van der Waals surface area contributed by atoms with E-state index in [2.05, 4.69) is 10.5 Å². The predicted octanol–water partition coefficient (Wildman–Crippen LogP) is 2.29. The highest BCUT2D eigenvalue weighted by Gasteiger charge is 2.19. The molecule has 7 nitrogen and oxygen atoms in total. The molecule has 1 heterocycles. The van der Waals surface area contributed by atoms with Gasteiger partial charge in [0.05, 0.1) is 5.69 Å². The van der Waals surface area contributed by atoms with E-state index >= 15 is 0 Å². The van der Waals surface area contributed by atoms with Crippen molar-refractivity contribution in [3.8, 4) is 0 Å². The first-order chi connectivity index (χ1) is 10.9. The normalized spacial score (nSPS) is 10.2. The second-order valence-electron chi connectivity index (χ2n) is 4.96. The van der Waals surface area contributed by atoms with Crippen molar-refractivity contribution in [1.82, 2.24) is 5.16 Å². The molecule has 7 heteroatoms. The molecule has 120 valence electrons. The van der Waals surface area contributed by atoms with E-state index in [1.165, 1.54) is 6.92 Å². The minimum absolute atomic E-state index is 0.106. The van der Waals surface area contributed by atoms with E-state index in [1.54, 1.807) is 38.1 Å². The fraction of sp³-hybridized carbons (Fsp3) is 0.250. The summed E-state index contributed by atoms with van der Waals surface area (Å²) >= 11 is 0. The molecule has 1 aromatic carbocycles. The first-order valence-corrected chi connectivity index (χ1v) is 6.89. The highest BCUT2D eigenvalue weighted by atomic mass is 16.5. The molecule has 1 N–H and O–H groups in total. The minimum atomic E-state index is -0.672. The number of hydrogen-bond acceptors (Lipinski definition) is 6. The van der Waals surface area contributed by atoms with Gasteiger partial charge in [-0.2, -0.15) is 0 Å². The zero-order valence-electron chi connectivity index (χ0n) is 13.0. The average Bonchev–Trinajstić information content (AvgIpc) is 2.84. The molecule has 2 aromatic rings. The zero-order valence-corrected chi connectivity index (χ0v) is 13.0. The number of anilines is 1. The fourth-order valence-corrected chi connectivity index (χ4v) is 1.99. The van der Waals surface area contributed by atoms with Crippen LogP contribution in [0.25, 0.3) is 0 Å². The largest absolute Gasteiger partial charge is 0.452 e. The fourth-order valence-electron chi connectivity index (χ4n) is 1.99. The molecule has 0 aliphatic rings. The van der Waals surface area contributed by atoms with E-state index < -0.39 is 18.5 Å². The number of benzene rings is 1. The van der Waals surface area contributed by atoms with Gasteiger partial charge in [-0.25, -0.2) is 4.79 Å². The van der Waals surface area contributed by atoms with Gasteiger partial charge >= 0.3 is 5.97 Å². The van der Waals surface area contributed by atoms with Crippen LogP contribution in [-0.4, -0.2) is 29.4 Å². The van der Waals surface area contributed by atoms with Gasteiger partial charge in [-0.15, -0.1) is 0 Å². The molecular weight excluding hydrogens is 300 g/mol. The van der Waals surface area contributed by atoms with Crippen LogP contribution < -0.4 is 5.32 Å². The summed E-state index contributed by atoms with van der Waals surface area (Å²) in [7, 11) is 0. The van der Waals surface area contributed by atoms with Crippen molar-refractivity contribution < 1.29 is 23.6 Å². The molecule has 2 rings (SSSR count). The molecule has 1 amide bonds. The number of nitrogens with one attached hydrogen (secondary N) is 1. The Morgan fingerprint density at radius 3 is 2.61 bits per heavy atom. The van der Waals surface area contributed by atoms with Crippen LogP contribution in [0.5, 0.6) is 0 Å². The van der Waals surface area contributed by atoms with Crippen LogP contribution in [0, 0.1) is 13.8 Å². The van der Waals surface area contributed by atoms with E-state index in [4.69, 9.17) is 9.26 Å². The van der Waals surface area contributed by atoms with Crippen molar-refractivity contribution in [2.45, 2.75) is 20.8 Å². The van der Waals surface area contributed by atoms with E-state index in [0.717, 1.165) is 0 Å². The molecule has 0 fully saturated rings.